The molecule has 1 aromatic rings. The van der Waals surface area contributed by atoms with Crippen molar-refractivity contribution in [2.24, 2.45) is 0 Å². The Morgan fingerprint density at radius 1 is 1.15 bits per heavy atom. The molecule has 0 fully saturated rings. The van der Waals surface area contributed by atoms with Gasteiger partial charge in [0.05, 0.1) is 5.38 Å². The highest BCUT2D eigenvalue weighted by Gasteiger charge is 2.22. The summed E-state index contributed by atoms with van der Waals surface area (Å²) in [6, 6.07) is 8.99. The van der Waals surface area contributed by atoms with Crippen molar-refractivity contribution < 1.29 is 10.2 Å². The SMILES string of the molecule is CC(Cl)C(O)C(O)c1ccccc1. The van der Waals surface area contributed by atoms with Crippen molar-refractivity contribution in [3.05, 3.63) is 35.9 Å². The number of benzene rings is 1. The van der Waals surface area contributed by atoms with Crippen LogP contribution in [0.2, 0.25) is 0 Å². The lowest BCUT2D eigenvalue weighted by Crippen LogP contribution is -2.26. The molecule has 0 aromatic heterocycles. The van der Waals surface area contributed by atoms with E-state index in [9.17, 15) is 10.2 Å². The third-order valence-corrected chi connectivity index (χ3v) is 2.19. The van der Waals surface area contributed by atoms with Gasteiger partial charge in [0.25, 0.3) is 0 Å². The van der Waals surface area contributed by atoms with Crippen LogP contribution in [0.4, 0.5) is 0 Å². The molecule has 0 aliphatic rings. The van der Waals surface area contributed by atoms with E-state index in [0.717, 1.165) is 0 Å². The molecule has 0 aliphatic heterocycles. The average Bonchev–Trinajstić information content (AvgIpc) is 2.17. The maximum Gasteiger partial charge on any atom is 0.106 e. The summed E-state index contributed by atoms with van der Waals surface area (Å²) in [6.45, 7) is 1.65. The first-order chi connectivity index (χ1) is 6.13. The number of hydrogen-bond donors (Lipinski definition) is 2. The van der Waals surface area contributed by atoms with Crippen LogP contribution >= 0.6 is 11.6 Å². The Labute approximate surface area is 82.8 Å². The minimum absolute atomic E-state index is 0.463. The Morgan fingerprint density at radius 3 is 2.15 bits per heavy atom. The molecule has 1 aromatic carbocycles. The fraction of sp³-hybridized carbons (Fsp3) is 0.400. The minimum Gasteiger partial charge on any atom is -0.389 e. The van der Waals surface area contributed by atoms with E-state index in [4.69, 9.17) is 11.6 Å². The molecule has 0 saturated carbocycles. The fourth-order valence-corrected chi connectivity index (χ4v) is 1.24. The summed E-state index contributed by atoms with van der Waals surface area (Å²) in [5.41, 5.74) is 0.683. The number of alkyl halides is 1. The highest BCUT2D eigenvalue weighted by molar-refractivity contribution is 6.20. The molecule has 3 atom stereocenters. The van der Waals surface area contributed by atoms with Crippen molar-refractivity contribution in [3.63, 3.8) is 0 Å². The second kappa shape index (κ2) is 4.61. The van der Waals surface area contributed by atoms with Crippen LogP contribution in [0.15, 0.2) is 30.3 Å². The Morgan fingerprint density at radius 2 is 1.69 bits per heavy atom. The summed E-state index contributed by atoms with van der Waals surface area (Å²) in [6.07, 6.45) is -1.84. The highest BCUT2D eigenvalue weighted by atomic mass is 35.5. The Bertz CT molecular complexity index is 248. The second-order valence-corrected chi connectivity index (χ2v) is 3.71. The van der Waals surface area contributed by atoms with Crippen LogP contribution < -0.4 is 0 Å². The van der Waals surface area contributed by atoms with Gasteiger partial charge in [-0.3, -0.25) is 0 Å². The van der Waals surface area contributed by atoms with Crippen LogP contribution in [0.25, 0.3) is 0 Å². The van der Waals surface area contributed by atoms with Crippen molar-refractivity contribution in [3.8, 4) is 0 Å². The number of hydrogen-bond acceptors (Lipinski definition) is 2. The predicted molar refractivity (Wildman–Crippen MR) is 52.7 cm³/mol. The quantitative estimate of drug-likeness (QED) is 0.730. The van der Waals surface area contributed by atoms with Gasteiger partial charge in [0, 0.05) is 0 Å². The molecule has 72 valence electrons. The number of halogens is 1. The fourth-order valence-electron chi connectivity index (χ4n) is 1.10. The first-order valence-electron chi connectivity index (χ1n) is 4.18. The molecular formula is C10H13ClO2. The minimum atomic E-state index is -0.927. The first-order valence-corrected chi connectivity index (χ1v) is 4.61. The predicted octanol–water partition coefficient (Wildman–Crippen LogP) is 1.71. The van der Waals surface area contributed by atoms with Gasteiger partial charge in [0.15, 0.2) is 0 Å². The standard InChI is InChI=1S/C10H13ClO2/c1-7(11)9(12)10(13)8-5-3-2-4-6-8/h2-7,9-10,12-13H,1H3. The molecule has 0 spiro atoms. The molecular weight excluding hydrogens is 188 g/mol. The third-order valence-electron chi connectivity index (χ3n) is 1.94. The van der Waals surface area contributed by atoms with E-state index in [1.165, 1.54) is 0 Å². The lowest BCUT2D eigenvalue weighted by molar-refractivity contribution is 0.0188. The number of aliphatic hydroxyl groups excluding tert-OH is 2. The van der Waals surface area contributed by atoms with Crippen molar-refractivity contribution >= 4 is 11.6 Å². The molecule has 3 unspecified atom stereocenters. The van der Waals surface area contributed by atoms with Gasteiger partial charge in [-0.15, -0.1) is 11.6 Å². The van der Waals surface area contributed by atoms with Crippen molar-refractivity contribution in [2.45, 2.75) is 24.5 Å². The van der Waals surface area contributed by atoms with Gasteiger partial charge in [-0.05, 0) is 12.5 Å². The lowest BCUT2D eigenvalue weighted by Gasteiger charge is -2.19. The van der Waals surface area contributed by atoms with Gasteiger partial charge in [0.1, 0.15) is 12.2 Å². The molecule has 0 radical (unpaired) electrons. The van der Waals surface area contributed by atoms with Crippen LogP contribution in [0, 0.1) is 0 Å². The van der Waals surface area contributed by atoms with Crippen LogP contribution in [0.1, 0.15) is 18.6 Å². The van der Waals surface area contributed by atoms with E-state index < -0.39 is 17.6 Å². The molecule has 0 aliphatic carbocycles. The van der Waals surface area contributed by atoms with Crippen LogP contribution in [-0.2, 0) is 0 Å². The summed E-state index contributed by atoms with van der Waals surface area (Å²) in [5, 5.41) is 18.6. The van der Waals surface area contributed by atoms with Gasteiger partial charge < -0.3 is 10.2 Å². The zero-order valence-electron chi connectivity index (χ0n) is 7.39. The van der Waals surface area contributed by atoms with Crippen LogP contribution in [0.5, 0.6) is 0 Å². The number of aliphatic hydroxyl groups is 2. The zero-order chi connectivity index (χ0) is 9.84. The normalized spacial score (nSPS) is 17.8. The summed E-state index contributed by atoms with van der Waals surface area (Å²) < 4.78 is 0. The Kier molecular flexibility index (Phi) is 3.72. The van der Waals surface area contributed by atoms with Crippen LogP contribution in [0.3, 0.4) is 0 Å². The lowest BCUT2D eigenvalue weighted by atomic mass is 10.0. The van der Waals surface area contributed by atoms with Crippen molar-refractivity contribution in [2.75, 3.05) is 0 Å². The average molecular weight is 201 g/mol. The molecule has 3 heteroatoms. The van der Waals surface area contributed by atoms with Gasteiger partial charge >= 0.3 is 0 Å². The largest absolute Gasteiger partial charge is 0.389 e. The van der Waals surface area contributed by atoms with E-state index in [1.54, 1.807) is 19.1 Å². The number of rotatable bonds is 3. The first kappa shape index (κ1) is 10.5. The highest BCUT2D eigenvalue weighted by Crippen LogP contribution is 2.20. The summed E-state index contributed by atoms with van der Waals surface area (Å²) in [7, 11) is 0. The monoisotopic (exact) mass is 200 g/mol. The van der Waals surface area contributed by atoms with E-state index >= 15 is 0 Å². The third kappa shape index (κ3) is 2.69. The molecule has 0 heterocycles. The van der Waals surface area contributed by atoms with Crippen LogP contribution in [-0.4, -0.2) is 21.7 Å². The van der Waals surface area contributed by atoms with E-state index in [2.05, 4.69) is 0 Å². The maximum absolute atomic E-state index is 9.62. The molecule has 0 saturated heterocycles. The smallest absolute Gasteiger partial charge is 0.106 e. The molecule has 0 bridgehead atoms. The van der Waals surface area contributed by atoms with Crippen molar-refractivity contribution in [1.82, 2.24) is 0 Å². The van der Waals surface area contributed by atoms with E-state index in [1.807, 2.05) is 18.2 Å². The van der Waals surface area contributed by atoms with Gasteiger partial charge in [-0.25, -0.2) is 0 Å². The molecule has 2 N–H and O–H groups in total. The van der Waals surface area contributed by atoms with E-state index in [-0.39, 0.29) is 0 Å². The van der Waals surface area contributed by atoms with Gasteiger partial charge in [0.2, 0.25) is 0 Å². The van der Waals surface area contributed by atoms with Gasteiger partial charge in [-0.2, -0.15) is 0 Å². The summed E-state index contributed by atoms with van der Waals surface area (Å²) in [5.74, 6) is 0. The van der Waals surface area contributed by atoms with Gasteiger partial charge in [-0.1, -0.05) is 30.3 Å². The Balaban J connectivity index is 2.73. The van der Waals surface area contributed by atoms with E-state index in [0.29, 0.717) is 5.56 Å². The Hall–Kier alpha value is -0.570. The second-order valence-electron chi connectivity index (χ2n) is 3.02. The maximum atomic E-state index is 9.62. The van der Waals surface area contributed by atoms with Crippen molar-refractivity contribution in [1.29, 1.82) is 0 Å². The molecule has 2 nitrogen and oxygen atoms in total. The zero-order valence-corrected chi connectivity index (χ0v) is 8.15. The molecule has 13 heavy (non-hydrogen) atoms. The molecule has 0 amide bonds. The topological polar surface area (TPSA) is 40.5 Å². The molecule has 1 rings (SSSR count). The summed E-state index contributed by atoms with van der Waals surface area (Å²) in [4.78, 5) is 0. The summed E-state index contributed by atoms with van der Waals surface area (Å²) >= 11 is 5.66.